The summed E-state index contributed by atoms with van der Waals surface area (Å²) in [6.07, 6.45) is 0.750. The summed E-state index contributed by atoms with van der Waals surface area (Å²) in [4.78, 5) is 85.4. The van der Waals surface area contributed by atoms with Crippen molar-refractivity contribution in [3.63, 3.8) is 0 Å². The Kier molecular flexibility index (Phi) is 15.5. The van der Waals surface area contributed by atoms with Crippen molar-refractivity contribution in [3.05, 3.63) is 70.8 Å². The number of nitrogens with zero attached hydrogens (tertiary/aromatic N) is 3. The van der Waals surface area contributed by atoms with Crippen LogP contribution in [0.15, 0.2) is 48.5 Å². The van der Waals surface area contributed by atoms with Gasteiger partial charge in [-0.05, 0) is 38.1 Å². The van der Waals surface area contributed by atoms with E-state index in [9.17, 15) is 28.8 Å². The van der Waals surface area contributed by atoms with Gasteiger partial charge in [0.2, 0.25) is 11.8 Å². The SMILES string of the molecule is C.CC1SCC(N2C(=O)c3ccccc3C2=O)C(=O)N1C.CC=O.CNC(=O)C(CS)N1C(=O)c2ccccc2C1=O.CP. The highest BCUT2D eigenvalue weighted by atomic mass is 32.2. The Morgan fingerprint density at radius 2 is 1.34 bits per heavy atom. The van der Waals surface area contributed by atoms with Crippen molar-refractivity contribution >= 4 is 75.4 Å². The molecule has 3 aliphatic heterocycles. The number of thioether (sulfide) groups is 1. The highest BCUT2D eigenvalue weighted by Crippen LogP contribution is 2.31. The fraction of sp³-hybridized carbons (Fsp3) is 0.367. The molecule has 0 bridgehead atoms. The van der Waals surface area contributed by atoms with Gasteiger partial charge in [-0.3, -0.25) is 38.6 Å². The molecule has 1 saturated heterocycles. The number of imide groups is 2. The van der Waals surface area contributed by atoms with E-state index < -0.39 is 29.8 Å². The predicted molar refractivity (Wildman–Crippen MR) is 178 cm³/mol. The van der Waals surface area contributed by atoms with Gasteiger partial charge in [-0.2, -0.15) is 12.6 Å². The first-order valence-corrected chi connectivity index (χ1v) is 16.0. The Morgan fingerprint density at radius 3 is 1.70 bits per heavy atom. The third kappa shape index (κ3) is 7.75. The highest BCUT2D eigenvalue weighted by Gasteiger charge is 2.46. The van der Waals surface area contributed by atoms with Crippen LogP contribution in [0.25, 0.3) is 0 Å². The number of rotatable bonds is 4. The zero-order chi connectivity index (χ0) is 32.4. The molecular weight excluding hydrogens is 623 g/mol. The summed E-state index contributed by atoms with van der Waals surface area (Å²) < 4.78 is 0. The molecule has 14 heteroatoms. The normalized spacial score (nSPS) is 18.7. The summed E-state index contributed by atoms with van der Waals surface area (Å²) in [5.41, 5.74) is 1.43. The molecule has 3 aliphatic rings. The minimum absolute atomic E-state index is 0. The molecule has 1 N–H and O–H groups in total. The number of likely N-dealkylation sites (N-methyl/N-ethyl adjacent to an activating group) is 2. The molecule has 0 spiro atoms. The van der Waals surface area contributed by atoms with Gasteiger partial charge in [-0.15, -0.1) is 21.0 Å². The molecule has 11 nitrogen and oxygen atoms in total. The molecule has 0 radical (unpaired) electrons. The second-order valence-corrected chi connectivity index (χ2v) is 10.7. The summed E-state index contributed by atoms with van der Waals surface area (Å²) in [5.74, 6) is -1.66. The van der Waals surface area contributed by atoms with E-state index in [1.165, 1.54) is 14.0 Å². The van der Waals surface area contributed by atoms with E-state index in [1.807, 2.05) is 13.6 Å². The predicted octanol–water partition coefficient (Wildman–Crippen LogP) is 2.86. The van der Waals surface area contributed by atoms with E-state index in [4.69, 9.17) is 4.79 Å². The Hall–Kier alpha value is -3.54. The molecular formula is C30H39N4O7PS2. The van der Waals surface area contributed by atoms with Gasteiger partial charge in [0.05, 0.1) is 27.6 Å². The van der Waals surface area contributed by atoms with Gasteiger partial charge in [-0.1, -0.05) is 38.4 Å². The summed E-state index contributed by atoms with van der Waals surface area (Å²) >= 11 is 5.60. The molecule has 3 heterocycles. The third-order valence-corrected chi connectivity index (χ3v) is 8.32. The van der Waals surface area contributed by atoms with Crippen LogP contribution in [0, 0.1) is 0 Å². The van der Waals surface area contributed by atoms with Crippen molar-refractivity contribution in [2.24, 2.45) is 0 Å². The standard InChI is InChI=1S/C14H14N2O3S.C12H12N2O3S.C2H4O.CH5P.CH4/c1-8-15(2)14(19)11(7-20-8)16-12(17)9-5-3-4-6-10(9)13(16)18;1-13-10(15)9(6-18)14-11(16)7-4-2-3-5-8(7)12(14)17;1-2-3;1-2;/h3-6,8,11H,7H2,1-2H3;2-5,9,18H,6H2,1H3,(H,13,15);2H,1H3;2H2,1H3;1H4. The summed E-state index contributed by atoms with van der Waals surface area (Å²) in [7, 11) is 5.57. The Labute approximate surface area is 270 Å². The van der Waals surface area contributed by atoms with E-state index in [0.29, 0.717) is 28.0 Å². The first-order chi connectivity index (χ1) is 20.5. The van der Waals surface area contributed by atoms with Gasteiger partial charge in [0.15, 0.2) is 0 Å². The van der Waals surface area contributed by atoms with E-state index in [0.717, 1.165) is 16.1 Å². The summed E-state index contributed by atoms with van der Waals surface area (Å²) in [5, 5.41) is 2.49. The van der Waals surface area contributed by atoms with Crippen LogP contribution in [-0.2, 0) is 14.4 Å². The Bertz CT molecular complexity index is 1340. The highest BCUT2D eigenvalue weighted by molar-refractivity contribution is 8.00. The number of thiol groups is 1. The molecule has 0 aliphatic carbocycles. The molecule has 5 rings (SSSR count). The average molecular weight is 663 g/mol. The number of aldehydes is 1. The van der Waals surface area contributed by atoms with Gasteiger partial charge in [0, 0.05) is 25.6 Å². The molecule has 4 atom stereocenters. The van der Waals surface area contributed by atoms with E-state index in [2.05, 4.69) is 27.2 Å². The maximum Gasteiger partial charge on any atom is 0.262 e. The van der Waals surface area contributed by atoms with Crippen LogP contribution >= 0.6 is 33.6 Å². The number of carbonyl (C=O) groups is 7. The van der Waals surface area contributed by atoms with Crippen molar-refractivity contribution in [1.29, 1.82) is 0 Å². The number of hydrogen-bond donors (Lipinski definition) is 2. The number of carbonyl (C=O) groups excluding carboxylic acids is 7. The topological polar surface area (TPSA) is 141 Å². The van der Waals surface area contributed by atoms with Crippen LogP contribution < -0.4 is 5.32 Å². The second kappa shape index (κ2) is 17.7. The zero-order valence-electron chi connectivity index (χ0n) is 24.5. The molecule has 6 amide bonds. The zero-order valence-corrected chi connectivity index (χ0v) is 27.3. The van der Waals surface area contributed by atoms with Crippen LogP contribution in [0.2, 0.25) is 0 Å². The lowest BCUT2D eigenvalue weighted by atomic mass is 10.1. The largest absolute Gasteiger partial charge is 0.357 e. The van der Waals surface area contributed by atoms with Crippen molar-refractivity contribution in [2.45, 2.75) is 38.7 Å². The lowest BCUT2D eigenvalue weighted by molar-refractivity contribution is -0.134. The van der Waals surface area contributed by atoms with Crippen molar-refractivity contribution in [1.82, 2.24) is 20.0 Å². The average Bonchev–Trinajstić information content (AvgIpc) is 3.43. The second-order valence-electron chi connectivity index (χ2n) is 9.00. The Balaban J connectivity index is 0.000000378. The number of amides is 6. The molecule has 0 aromatic heterocycles. The lowest BCUT2D eigenvalue weighted by Crippen LogP contribution is -2.56. The van der Waals surface area contributed by atoms with E-state index >= 15 is 0 Å². The lowest BCUT2D eigenvalue weighted by Gasteiger charge is -2.37. The van der Waals surface area contributed by atoms with Crippen molar-refractivity contribution in [3.8, 4) is 0 Å². The quantitative estimate of drug-likeness (QED) is 0.221. The van der Waals surface area contributed by atoms with Crippen LogP contribution in [0.1, 0.15) is 62.7 Å². The molecule has 2 aromatic carbocycles. The smallest absolute Gasteiger partial charge is 0.262 e. The van der Waals surface area contributed by atoms with Gasteiger partial charge < -0.3 is 15.0 Å². The molecule has 2 aromatic rings. The third-order valence-electron chi connectivity index (χ3n) is 6.67. The minimum Gasteiger partial charge on any atom is -0.357 e. The minimum atomic E-state index is -0.884. The molecule has 44 heavy (non-hydrogen) atoms. The summed E-state index contributed by atoms with van der Waals surface area (Å²) in [6.45, 7) is 5.29. The van der Waals surface area contributed by atoms with Crippen LogP contribution in [0.5, 0.6) is 0 Å². The van der Waals surface area contributed by atoms with Crippen molar-refractivity contribution < 1.29 is 33.6 Å². The van der Waals surface area contributed by atoms with E-state index in [1.54, 1.807) is 72.2 Å². The number of benzene rings is 2. The first kappa shape index (κ1) is 38.5. The van der Waals surface area contributed by atoms with Gasteiger partial charge >= 0.3 is 0 Å². The number of fused-ring (bicyclic) bond motifs is 2. The fourth-order valence-corrected chi connectivity index (χ4v) is 5.85. The van der Waals surface area contributed by atoms with Crippen LogP contribution in [0.3, 0.4) is 0 Å². The Morgan fingerprint density at radius 1 is 0.955 bits per heavy atom. The van der Waals surface area contributed by atoms with Crippen LogP contribution in [-0.4, -0.2) is 106 Å². The molecule has 238 valence electrons. The molecule has 4 unspecified atom stereocenters. The van der Waals surface area contributed by atoms with Gasteiger partial charge in [-0.25, -0.2) is 0 Å². The van der Waals surface area contributed by atoms with Crippen molar-refractivity contribution in [2.75, 3.05) is 32.3 Å². The monoisotopic (exact) mass is 662 g/mol. The first-order valence-electron chi connectivity index (χ1n) is 13.2. The van der Waals surface area contributed by atoms with Gasteiger partial charge in [0.1, 0.15) is 18.4 Å². The number of hydrogen-bond acceptors (Lipinski definition) is 9. The maximum atomic E-state index is 12.4. The summed E-state index contributed by atoms with van der Waals surface area (Å²) in [6, 6.07) is 11.6. The fourth-order valence-electron chi connectivity index (χ4n) is 4.44. The van der Waals surface area contributed by atoms with Crippen LogP contribution in [0.4, 0.5) is 0 Å². The molecule has 0 saturated carbocycles. The molecule has 1 fully saturated rings. The van der Waals surface area contributed by atoms with E-state index in [-0.39, 0.29) is 36.3 Å². The number of nitrogens with one attached hydrogen (secondary N) is 1. The van der Waals surface area contributed by atoms with Gasteiger partial charge in [0.25, 0.3) is 23.6 Å². The maximum absolute atomic E-state index is 12.4.